The van der Waals surface area contributed by atoms with Crippen LogP contribution in [0.25, 0.3) is 0 Å². The predicted molar refractivity (Wildman–Crippen MR) is 110 cm³/mol. The smallest absolute Gasteiger partial charge is 0.234 e. The summed E-state index contributed by atoms with van der Waals surface area (Å²) >= 11 is 7.36. The van der Waals surface area contributed by atoms with Crippen molar-refractivity contribution in [3.8, 4) is 0 Å². The van der Waals surface area contributed by atoms with Crippen molar-refractivity contribution in [2.24, 2.45) is 0 Å². The van der Waals surface area contributed by atoms with Gasteiger partial charge in [0.15, 0.2) is 11.0 Å². The topological polar surface area (TPSA) is 71.8 Å². The molecule has 1 amide bonds. The highest BCUT2D eigenvalue weighted by molar-refractivity contribution is 7.99. The minimum absolute atomic E-state index is 0.172. The molecule has 0 radical (unpaired) electrons. The number of amides is 1. The first kappa shape index (κ1) is 20.2. The molecular formula is C19H19ClFN5OS. The fourth-order valence-corrected chi connectivity index (χ4v) is 3.51. The van der Waals surface area contributed by atoms with E-state index in [0.717, 1.165) is 11.5 Å². The summed E-state index contributed by atoms with van der Waals surface area (Å²) in [5.41, 5.74) is 1.37. The van der Waals surface area contributed by atoms with Gasteiger partial charge in [-0.3, -0.25) is 4.79 Å². The Morgan fingerprint density at radius 2 is 1.93 bits per heavy atom. The van der Waals surface area contributed by atoms with Gasteiger partial charge in [-0.15, -0.1) is 10.2 Å². The summed E-state index contributed by atoms with van der Waals surface area (Å²) < 4.78 is 14.9. The molecular weight excluding hydrogens is 401 g/mol. The lowest BCUT2D eigenvalue weighted by molar-refractivity contribution is -0.113. The van der Waals surface area contributed by atoms with E-state index in [-0.39, 0.29) is 17.5 Å². The number of carbonyl (C=O) groups is 1. The summed E-state index contributed by atoms with van der Waals surface area (Å²) in [4.78, 5) is 12.2. The largest absolute Gasteiger partial charge is 0.378 e. The predicted octanol–water partition coefficient (Wildman–Crippen LogP) is 4.43. The normalized spacial score (nSPS) is 10.7. The van der Waals surface area contributed by atoms with Crippen LogP contribution in [0.15, 0.2) is 53.7 Å². The Labute approximate surface area is 171 Å². The van der Waals surface area contributed by atoms with Crippen molar-refractivity contribution in [2.75, 3.05) is 16.4 Å². The van der Waals surface area contributed by atoms with Crippen molar-refractivity contribution in [2.45, 2.75) is 25.2 Å². The van der Waals surface area contributed by atoms with Crippen LogP contribution in [-0.4, -0.2) is 26.4 Å². The number of para-hydroxylation sites is 1. The Kier molecular flexibility index (Phi) is 6.89. The van der Waals surface area contributed by atoms with Crippen molar-refractivity contribution < 1.29 is 9.18 Å². The number of hydrogen-bond acceptors (Lipinski definition) is 5. The summed E-state index contributed by atoms with van der Waals surface area (Å²) in [5, 5.41) is 15.5. The van der Waals surface area contributed by atoms with Crippen LogP contribution in [0.5, 0.6) is 0 Å². The number of carbonyl (C=O) groups excluding carboxylic acids is 1. The molecule has 0 saturated carbocycles. The third kappa shape index (κ3) is 5.24. The van der Waals surface area contributed by atoms with Crippen LogP contribution in [0.1, 0.15) is 12.7 Å². The average molecular weight is 420 g/mol. The van der Waals surface area contributed by atoms with E-state index in [1.165, 1.54) is 23.9 Å². The molecule has 0 spiro atoms. The van der Waals surface area contributed by atoms with Gasteiger partial charge in [0.1, 0.15) is 5.82 Å². The second kappa shape index (κ2) is 9.57. The lowest BCUT2D eigenvalue weighted by Crippen LogP contribution is -2.15. The lowest BCUT2D eigenvalue weighted by Gasteiger charge is -2.09. The molecule has 3 aromatic rings. The molecule has 9 heteroatoms. The fourth-order valence-electron chi connectivity index (χ4n) is 2.50. The zero-order valence-corrected chi connectivity index (χ0v) is 16.7. The monoisotopic (exact) mass is 419 g/mol. The summed E-state index contributed by atoms with van der Waals surface area (Å²) in [6, 6.07) is 13.2. The number of rotatable bonds is 8. The molecule has 28 heavy (non-hydrogen) atoms. The molecule has 1 aromatic heterocycles. The molecule has 2 N–H and O–H groups in total. The van der Waals surface area contributed by atoms with Crippen molar-refractivity contribution in [3.63, 3.8) is 0 Å². The minimum atomic E-state index is -0.281. The summed E-state index contributed by atoms with van der Waals surface area (Å²) in [5.74, 6) is 0.473. The maximum absolute atomic E-state index is 13.0. The molecule has 0 aliphatic heterocycles. The Balaban J connectivity index is 1.58. The molecule has 0 aliphatic rings. The molecule has 0 atom stereocenters. The van der Waals surface area contributed by atoms with Gasteiger partial charge >= 0.3 is 0 Å². The Morgan fingerprint density at radius 3 is 2.64 bits per heavy atom. The number of nitrogens with zero attached hydrogens (tertiary/aromatic N) is 3. The van der Waals surface area contributed by atoms with E-state index < -0.39 is 0 Å². The number of nitrogens with one attached hydrogen (secondary N) is 2. The van der Waals surface area contributed by atoms with Gasteiger partial charge in [0.05, 0.1) is 23.0 Å². The molecule has 0 bridgehead atoms. The Morgan fingerprint density at radius 1 is 1.18 bits per heavy atom. The first-order valence-electron chi connectivity index (χ1n) is 8.65. The number of thioether (sulfide) groups is 1. The van der Waals surface area contributed by atoms with Crippen LogP contribution in [0, 0.1) is 5.82 Å². The van der Waals surface area contributed by atoms with Gasteiger partial charge in [-0.2, -0.15) is 0 Å². The molecule has 0 fully saturated rings. The van der Waals surface area contributed by atoms with Gasteiger partial charge in [-0.05, 0) is 43.3 Å². The zero-order chi connectivity index (χ0) is 19.9. The van der Waals surface area contributed by atoms with E-state index >= 15 is 0 Å². The highest BCUT2D eigenvalue weighted by Crippen LogP contribution is 2.22. The quantitative estimate of drug-likeness (QED) is 0.528. The van der Waals surface area contributed by atoms with Crippen molar-refractivity contribution in [1.29, 1.82) is 0 Å². The van der Waals surface area contributed by atoms with Crippen LogP contribution >= 0.6 is 23.4 Å². The van der Waals surface area contributed by atoms with Crippen LogP contribution in [0.2, 0.25) is 5.02 Å². The highest BCUT2D eigenvalue weighted by Gasteiger charge is 2.13. The second-order valence-corrected chi connectivity index (χ2v) is 7.17. The highest BCUT2D eigenvalue weighted by atomic mass is 35.5. The molecule has 6 nitrogen and oxygen atoms in total. The van der Waals surface area contributed by atoms with Crippen LogP contribution < -0.4 is 10.6 Å². The molecule has 0 saturated heterocycles. The second-order valence-electron chi connectivity index (χ2n) is 5.82. The van der Waals surface area contributed by atoms with Crippen LogP contribution in [0.4, 0.5) is 15.8 Å². The number of anilines is 2. The van der Waals surface area contributed by atoms with Crippen LogP contribution in [-0.2, 0) is 17.9 Å². The molecule has 1 heterocycles. The van der Waals surface area contributed by atoms with E-state index in [9.17, 15) is 9.18 Å². The maximum atomic E-state index is 13.0. The van der Waals surface area contributed by atoms with E-state index in [1.54, 1.807) is 30.3 Å². The SMILES string of the molecule is CCn1c(CNc2ccc(F)cc2)nnc1SCC(=O)Nc1ccccc1Cl. The molecule has 146 valence electrons. The Hall–Kier alpha value is -2.58. The van der Waals surface area contributed by atoms with Gasteiger partial charge in [-0.1, -0.05) is 35.5 Å². The zero-order valence-electron chi connectivity index (χ0n) is 15.2. The lowest BCUT2D eigenvalue weighted by atomic mass is 10.3. The average Bonchev–Trinajstić information content (AvgIpc) is 3.09. The first-order chi connectivity index (χ1) is 13.6. The molecule has 0 aliphatic carbocycles. The van der Waals surface area contributed by atoms with Crippen LogP contribution in [0.3, 0.4) is 0 Å². The first-order valence-corrected chi connectivity index (χ1v) is 10.0. The van der Waals surface area contributed by atoms with Crippen molar-refractivity contribution in [1.82, 2.24) is 14.8 Å². The van der Waals surface area contributed by atoms with Gasteiger partial charge in [0, 0.05) is 12.2 Å². The molecule has 0 unspecified atom stereocenters. The molecule has 3 rings (SSSR count). The van der Waals surface area contributed by atoms with Gasteiger partial charge in [0.2, 0.25) is 5.91 Å². The fraction of sp³-hybridized carbons (Fsp3) is 0.211. The summed E-state index contributed by atoms with van der Waals surface area (Å²) in [6.45, 7) is 3.10. The van der Waals surface area contributed by atoms with Gasteiger partial charge in [0.25, 0.3) is 0 Å². The van der Waals surface area contributed by atoms with E-state index in [0.29, 0.717) is 29.0 Å². The Bertz CT molecular complexity index is 948. The van der Waals surface area contributed by atoms with Crippen molar-refractivity contribution >= 4 is 40.6 Å². The number of benzene rings is 2. The number of halogens is 2. The van der Waals surface area contributed by atoms with E-state index in [1.807, 2.05) is 17.6 Å². The molecule has 2 aromatic carbocycles. The van der Waals surface area contributed by atoms with Gasteiger partial charge < -0.3 is 15.2 Å². The minimum Gasteiger partial charge on any atom is -0.378 e. The van der Waals surface area contributed by atoms with Gasteiger partial charge in [-0.25, -0.2) is 4.39 Å². The third-order valence-electron chi connectivity index (χ3n) is 3.88. The van der Waals surface area contributed by atoms with Crippen molar-refractivity contribution in [3.05, 3.63) is 65.2 Å². The number of hydrogen-bond donors (Lipinski definition) is 2. The summed E-state index contributed by atoms with van der Waals surface area (Å²) in [7, 11) is 0. The summed E-state index contributed by atoms with van der Waals surface area (Å²) in [6.07, 6.45) is 0. The third-order valence-corrected chi connectivity index (χ3v) is 5.18. The van der Waals surface area contributed by atoms with E-state index in [4.69, 9.17) is 11.6 Å². The van der Waals surface area contributed by atoms with E-state index in [2.05, 4.69) is 20.8 Å². The number of aromatic nitrogens is 3. The maximum Gasteiger partial charge on any atom is 0.234 e. The standard InChI is InChI=1S/C19H19ClFN5OS/c1-2-26-17(11-22-14-9-7-13(21)8-10-14)24-25-19(26)28-12-18(27)23-16-6-4-3-5-15(16)20/h3-10,22H,2,11-12H2,1H3,(H,23,27).